The molecule has 35 heavy (non-hydrogen) atoms. The van der Waals surface area contributed by atoms with Gasteiger partial charge in [-0.3, -0.25) is 14.5 Å². The van der Waals surface area contributed by atoms with Crippen LogP contribution in [-0.4, -0.2) is 24.3 Å². The van der Waals surface area contributed by atoms with Crippen LogP contribution in [0.1, 0.15) is 23.4 Å². The summed E-state index contributed by atoms with van der Waals surface area (Å²) in [6.45, 7) is 1.89. The SMILES string of the molecule is Cc1oc(-c2ccccc2NS(=O)(=O)c2cccc(F)c2)nc1CNC(=O)CCc1ccncc1. The summed E-state index contributed by atoms with van der Waals surface area (Å²) in [6.07, 6.45) is 4.28. The molecular weight excluding hydrogens is 471 g/mol. The van der Waals surface area contributed by atoms with Crippen LogP contribution in [0.4, 0.5) is 10.1 Å². The van der Waals surface area contributed by atoms with Gasteiger partial charge in [0.05, 0.1) is 22.7 Å². The highest BCUT2D eigenvalue weighted by Gasteiger charge is 2.20. The summed E-state index contributed by atoms with van der Waals surface area (Å²) in [7, 11) is -4.04. The van der Waals surface area contributed by atoms with Crippen LogP contribution in [0.15, 0.2) is 82.4 Å². The Bertz CT molecular complexity index is 1440. The first-order valence-electron chi connectivity index (χ1n) is 10.8. The second kappa shape index (κ2) is 10.5. The van der Waals surface area contributed by atoms with Gasteiger partial charge in [-0.05, 0) is 61.4 Å². The number of nitrogens with one attached hydrogen (secondary N) is 2. The van der Waals surface area contributed by atoms with E-state index in [0.717, 1.165) is 11.6 Å². The second-order valence-electron chi connectivity index (χ2n) is 7.76. The van der Waals surface area contributed by atoms with E-state index in [9.17, 15) is 17.6 Å². The number of amides is 1. The van der Waals surface area contributed by atoms with Crippen LogP contribution < -0.4 is 10.0 Å². The summed E-state index contributed by atoms with van der Waals surface area (Å²) in [5.41, 5.74) is 2.18. The van der Waals surface area contributed by atoms with Gasteiger partial charge in [-0.1, -0.05) is 18.2 Å². The molecule has 0 spiro atoms. The van der Waals surface area contributed by atoms with E-state index < -0.39 is 15.8 Å². The maximum atomic E-state index is 13.5. The Labute approximate surface area is 202 Å². The number of aromatic nitrogens is 2. The number of nitrogens with zero attached hydrogens (tertiary/aromatic N) is 2. The Balaban J connectivity index is 1.46. The minimum Gasteiger partial charge on any atom is -0.441 e. The molecule has 8 nitrogen and oxygen atoms in total. The second-order valence-corrected chi connectivity index (χ2v) is 9.44. The first kappa shape index (κ1) is 24.1. The third-order valence-corrected chi connectivity index (χ3v) is 6.61. The van der Waals surface area contributed by atoms with E-state index in [1.54, 1.807) is 43.6 Å². The number of carbonyl (C=O) groups is 1. The molecule has 180 valence electrons. The van der Waals surface area contributed by atoms with Gasteiger partial charge in [0.1, 0.15) is 17.3 Å². The molecule has 2 aromatic carbocycles. The average molecular weight is 495 g/mol. The van der Waals surface area contributed by atoms with E-state index in [4.69, 9.17) is 4.42 Å². The van der Waals surface area contributed by atoms with Crippen molar-refractivity contribution in [3.8, 4) is 11.5 Å². The number of halogens is 1. The standard InChI is InChI=1S/C25H23FN4O4S/c1-17-23(16-28-24(31)10-9-18-11-13-27-14-12-18)29-25(34-17)21-7-2-3-8-22(21)30-35(32,33)20-6-4-5-19(26)15-20/h2-8,11-15,30H,9-10,16H2,1H3,(H,28,31). The third-order valence-electron chi connectivity index (χ3n) is 5.24. The first-order valence-corrected chi connectivity index (χ1v) is 12.3. The Hall–Kier alpha value is -4.05. The number of para-hydroxylation sites is 1. The molecule has 0 unspecified atom stereocenters. The number of oxazole rings is 1. The number of anilines is 1. The molecule has 0 aliphatic rings. The van der Waals surface area contributed by atoms with Crippen LogP contribution >= 0.6 is 0 Å². The summed E-state index contributed by atoms with van der Waals surface area (Å²) in [4.78, 5) is 20.5. The van der Waals surface area contributed by atoms with Crippen molar-refractivity contribution in [2.24, 2.45) is 0 Å². The molecule has 0 fully saturated rings. The lowest BCUT2D eigenvalue weighted by Gasteiger charge is -2.11. The lowest BCUT2D eigenvalue weighted by Crippen LogP contribution is -2.23. The van der Waals surface area contributed by atoms with E-state index in [-0.39, 0.29) is 28.9 Å². The number of sulfonamides is 1. The van der Waals surface area contributed by atoms with Gasteiger partial charge in [0.25, 0.3) is 10.0 Å². The highest BCUT2D eigenvalue weighted by molar-refractivity contribution is 7.92. The Morgan fingerprint density at radius 3 is 2.60 bits per heavy atom. The molecule has 10 heteroatoms. The Morgan fingerprint density at radius 1 is 1.06 bits per heavy atom. The molecular formula is C25H23FN4O4S. The maximum Gasteiger partial charge on any atom is 0.262 e. The predicted molar refractivity (Wildman–Crippen MR) is 128 cm³/mol. The molecule has 2 aromatic heterocycles. The normalized spacial score (nSPS) is 11.3. The number of rotatable bonds is 9. The van der Waals surface area contributed by atoms with Crippen LogP contribution in [0.3, 0.4) is 0 Å². The van der Waals surface area contributed by atoms with E-state index in [0.29, 0.717) is 29.9 Å². The summed E-state index contributed by atoms with van der Waals surface area (Å²) in [6, 6.07) is 15.1. The summed E-state index contributed by atoms with van der Waals surface area (Å²) in [5, 5.41) is 2.83. The van der Waals surface area contributed by atoms with Gasteiger partial charge in [0, 0.05) is 18.8 Å². The maximum absolute atomic E-state index is 13.5. The van der Waals surface area contributed by atoms with Gasteiger partial charge in [0.2, 0.25) is 11.8 Å². The van der Waals surface area contributed by atoms with Crippen LogP contribution in [0.5, 0.6) is 0 Å². The zero-order chi connectivity index (χ0) is 24.8. The molecule has 4 aromatic rings. The van der Waals surface area contributed by atoms with Crippen LogP contribution in [0, 0.1) is 12.7 Å². The van der Waals surface area contributed by atoms with Gasteiger partial charge in [-0.15, -0.1) is 0 Å². The largest absolute Gasteiger partial charge is 0.441 e. The molecule has 4 rings (SSSR count). The lowest BCUT2D eigenvalue weighted by molar-refractivity contribution is -0.121. The summed E-state index contributed by atoms with van der Waals surface area (Å²) < 4.78 is 47.3. The van der Waals surface area contributed by atoms with Crippen molar-refractivity contribution in [1.29, 1.82) is 0 Å². The third kappa shape index (κ3) is 6.10. The Morgan fingerprint density at radius 2 is 1.83 bits per heavy atom. The minimum absolute atomic E-state index is 0.131. The van der Waals surface area contributed by atoms with E-state index in [1.165, 1.54) is 18.2 Å². The number of pyridine rings is 1. The summed E-state index contributed by atoms with van der Waals surface area (Å²) >= 11 is 0. The van der Waals surface area contributed by atoms with Gasteiger partial charge < -0.3 is 9.73 Å². The fourth-order valence-electron chi connectivity index (χ4n) is 3.38. The van der Waals surface area contributed by atoms with Gasteiger partial charge in [-0.2, -0.15) is 0 Å². The molecule has 0 saturated carbocycles. The molecule has 0 aliphatic heterocycles. The molecule has 1 amide bonds. The van der Waals surface area contributed by atoms with E-state index in [2.05, 4.69) is 20.0 Å². The van der Waals surface area contributed by atoms with Crippen molar-refractivity contribution in [3.63, 3.8) is 0 Å². The molecule has 0 aliphatic carbocycles. The number of hydrogen-bond acceptors (Lipinski definition) is 6. The van der Waals surface area contributed by atoms with Crippen LogP contribution in [0.25, 0.3) is 11.5 Å². The van der Waals surface area contributed by atoms with Gasteiger partial charge in [0.15, 0.2) is 0 Å². The average Bonchev–Trinajstić information content (AvgIpc) is 3.22. The van der Waals surface area contributed by atoms with Crippen molar-refractivity contribution < 1.29 is 22.0 Å². The van der Waals surface area contributed by atoms with Crippen molar-refractivity contribution in [2.75, 3.05) is 4.72 Å². The van der Waals surface area contributed by atoms with Crippen molar-refractivity contribution in [2.45, 2.75) is 31.2 Å². The monoisotopic (exact) mass is 494 g/mol. The van der Waals surface area contributed by atoms with E-state index >= 15 is 0 Å². The molecule has 0 bridgehead atoms. The smallest absolute Gasteiger partial charge is 0.262 e. The highest BCUT2D eigenvalue weighted by Crippen LogP contribution is 2.30. The molecule has 0 radical (unpaired) electrons. The molecule has 0 atom stereocenters. The molecule has 2 heterocycles. The quantitative estimate of drug-likeness (QED) is 0.360. The van der Waals surface area contributed by atoms with Crippen molar-refractivity contribution in [1.82, 2.24) is 15.3 Å². The zero-order valence-electron chi connectivity index (χ0n) is 18.9. The number of benzene rings is 2. The van der Waals surface area contributed by atoms with Gasteiger partial charge in [-0.25, -0.2) is 17.8 Å². The molecule has 2 N–H and O–H groups in total. The van der Waals surface area contributed by atoms with Crippen LogP contribution in [0.2, 0.25) is 0 Å². The highest BCUT2D eigenvalue weighted by atomic mass is 32.2. The topological polar surface area (TPSA) is 114 Å². The van der Waals surface area contributed by atoms with Crippen molar-refractivity contribution >= 4 is 21.6 Å². The van der Waals surface area contributed by atoms with E-state index in [1.807, 2.05) is 12.1 Å². The lowest BCUT2D eigenvalue weighted by atomic mass is 10.1. The minimum atomic E-state index is -4.04. The van der Waals surface area contributed by atoms with Crippen LogP contribution in [-0.2, 0) is 27.8 Å². The Kier molecular flexibility index (Phi) is 7.21. The predicted octanol–water partition coefficient (Wildman–Crippen LogP) is 4.23. The van der Waals surface area contributed by atoms with Gasteiger partial charge >= 0.3 is 0 Å². The molecule has 0 saturated heterocycles. The zero-order valence-corrected chi connectivity index (χ0v) is 19.7. The summed E-state index contributed by atoms with van der Waals surface area (Å²) in [5.74, 6) is -0.0933. The fraction of sp³-hybridized carbons (Fsp3) is 0.160. The first-order chi connectivity index (χ1) is 16.8. The number of carbonyl (C=O) groups excluding carboxylic acids is 1. The fourth-order valence-corrected chi connectivity index (χ4v) is 4.49. The number of aryl methyl sites for hydroxylation is 2. The van der Waals surface area contributed by atoms with Crippen molar-refractivity contribution in [3.05, 3.63) is 95.9 Å². The number of hydrogen-bond donors (Lipinski definition) is 2.